The van der Waals surface area contributed by atoms with Gasteiger partial charge < -0.3 is 19.8 Å². The van der Waals surface area contributed by atoms with Crippen LogP contribution < -0.4 is 4.90 Å². The summed E-state index contributed by atoms with van der Waals surface area (Å²) in [6, 6.07) is 32.7. The number of anilines is 2. The van der Waals surface area contributed by atoms with Crippen molar-refractivity contribution >= 4 is 45.8 Å². The molecule has 1 unspecified atom stereocenters. The van der Waals surface area contributed by atoms with Gasteiger partial charge in [0.1, 0.15) is 6.10 Å². The van der Waals surface area contributed by atoms with Gasteiger partial charge in [-0.1, -0.05) is 18.2 Å². The molecule has 1 aliphatic rings. The number of benzene rings is 4. The highest BCUT2D eigenvalue weighted by Gasteiger charge is 2.34. The molecule has 0 spiro atoms. The van der Waals surface area contributed by atoms with Crippen LogP contribution in [-0.2, 0) is 15.6 Å². The van der Waals surface area contributed by atoms with Crippen LogP contribution in [0.4, 0.5) is 11.4 Å². The lowest BCUT2D eigenvalue weighted by molar-refractivity contribution is 0.135. The van der Waals surface area contributed by atoms with E-state index < -0.39 is 0 Å². The molecule has 7 heteroatoms. The summed E-state index contributed by atoms with van der Waals surface area (Å²) in [7, 11) is 3.59. The number of fused-ring (bicyclic) bond motifs is 2. The lowest BCUT2D eigenvalue weighted by Crippen LogP contribution is -2.23. The molecular formula is C31H32NO3S3+. The van der Waals surface area contributed by atoms with Gasteiger partial charge in [0, 0.05) is 64.0 Å². The predicted octanol–water partition coefficient (Wildman–Crippen LogP) is 6.77. The van der Waals surface area contributed by atoms with E-state index in [9.17, 15) is 10.2 Å². The molecule has 4 nitrogen and oxygen atoms in total. The zero-order chi connectivity index (χ0) is 26.5. The molecule has 1 aliphatic heterocycles. The highest BCUT2D eigenvalue weighted by atomic mass is 32.2. The second-order valence-corrected chi connectivity index (χ2v) is 13.2. The number of ether oxygens (including phenoxy) is 1. The van der Waals surface area contributed by atoms with Crippen LogP contribution in [0.15, 0.2) is 115 Å². The Morgan fingerprint density at radius 1 is 0.711 bits per heavy atom. The van der Waals surface area contributed by atoms with Gasteiger partial charge in [-0.3, -0.25) is 0 Å². The van der Waals surface area contributed by atoms with Crippen LogP contribution >= 0.6 is 23.5 Å². The summed E-state index contributed by atoms with van der Waals surface area (Å²) >= 11 is 3.33. The number of thioether (sulfide) groups is 2. The van der Waals surface area contributed by atoms with Gasteiger partial charge in [-0.2, -0.15) is 0 Å². The fourth-order valence-electron chi connectivity index (χ4n) is 4.82. The van der Waals surface area contributed by atoms with E-state index in [0.29, 0.717) is 11.5 Å². The van der Waals surface area contributed by atoms with Crippen LogP contribution in [0, 0.1) is 0 Å². The van der Waals surface area contributed by atoms with Crippen LogP contribution in [0.5, 0.6) is 0 Å². The van der Waals surface area contributed by atoms with Gasteiger partial charge in [0.05, 0.1) is 24.1 Å². The largest absolute Gasteiger partial charge is 0.396 e. The molecular weight excluding hydrogens is 531 g/mol. The first kappa shape index (κ1) is 27.2. The van der Waals surface area contributed by atoms with Crippen molar-refractivity contribution in [3.05, 3.63) is 102 Å². The Morgan fingerprint density at radius 3 is 1.79 bits per heavy atom. The molecule has 0 bridgehead atoms. The number of rotatable bonds is 10. The second kappa shape index (κ2) is 12.6. The van der Waals surface area contributed by atoms with Gasteiger partial charge in [-0.05, 0) is 66.7 Å². The molecule has 1 heterocycles. The highest BCUT2D eigenvalue weighted by Crippen LogP contribution is 2.46. The Kier molecular flexibility index (Phi) is 9.05. The smallest absolute Gasteiger partial charge is 0.167 e. The third-order valence-corrected chi connectivity index (χ3v) is 10.7. The van der Waals surface area contributed by atoms with Crippen LogP contribution in [0.3, 0.4) is 0 Å². The van der Waals surface area contributed by atoms with Gasteiger partial charge in [-0.15, -0.1) is 23.5 Å². The number of para-hydroxylation sites is 1. The van der Waals surface area contributed by atoms with Gasteiger partial charge in [0.15, 0.2) is 14.7 Å². The van der Waals surface area contributed by atoms with Crippen molar-refractivity contribution in [1.82, 2.24) is 0 Å². The quantitative estimate of drug-likeness (QED) is 0.164. The minimum absolute atomic E-state index is 0.127. The second-order valence-electron chi connectivity index (χ2n) is 8.85. The zero-order valence-electron chi connectivity index (χ0n) is 21.5. The van der Waals surface area contributed by atoms with E-state index in [1.165, 1.54) is 31.5 Å². The summed E-state index contributed by atoms with van der Waals surface area (Å²) in [4.78, 5) is 8.29. The molecule has 4 aromatic rings. The molecule has 5 rings (SSSR count). The maximum Gasteiger partial charge on any atom is 0.167 e. The summed E-state index contributed by atoms with van der Waals surface area (Å²) in [5, 5.41) is 18.4. The van der Waals surface area contributed by atoms with Gasteiger partial charge in [0.25, 0.3) is 0 Å². The first-order valence-electron chi connectivity index (χ1n) is 12.6. The number of methoxy groups -OCH3 is 1. The Labute approximate surface area is 236 Å². The van der Waals surface area contributed by atoms with Crippen LogP contribution in [0.25, 0.3) is 0 Å². The fourth-order valence-corrected chi connectivity index (χ4v) is 8.21. The van der Waals surface area contributed by atoms with E-state index in [1.807, 2.05) is 0 Å². The first-order chi connectivity index (χ1) is 18.6. The van der Waals surface area contributed by atoms with E-state index in [-0.39, 0.29) is 30.2 Å². The monoisotopic (exact) mass is 562 g/mol. The standard InChI is InChI=1S/C31H32NO3S3/c1-32-29-6-4-3-5-27(29)31(35-2)28-21-26(15-16-30(28)32)38(24-11-7-22(8-12-24)36-19-17-33)25-13-9-23(10-14-25)37-20-18-34/h3-16,21,31,33-34H,17-20H2,1-2H3/q+1. The molecule has 2 N–H and O–H groups in total. The number of nitrogens with zero attached hydrogens (tertiary/aromatic N) is 1. The zero-order valence-corrected chi connectivity index (χ0v) is 24.0. The van der Waals surface area contributed by atoms with E-state index in [4.69, 9.17) is 4.74 Å². The minimum atomic E-state index is -0.318. The molecule has 4 aromatic carbocycles. The normalized spacial score (nSPS) is 14.4. The molecule has 196 valence electrons. The number of aliphatic hydroxyl groups excluding tert-OH is 2. The lowest BCUT2D eigenvalue weighted by atomic mass is 9.93. The van der Waals surface area contributed by atoms with E-state index in [1.54, 1.807) is 30.6 Å². The maximum atomic E-state index is 9.21. The molecule has 0 saturated heterocycles. The van der Waals surface area contributed by atoms with Gasteiger partial charge in [0.2, 0.25) is 0 Å². The van der Waals surface area contributed by atoms with Crippen molar-refractivity contribution < 1.29 is 14.9 Å². The molecule has 0 amide bonds. The van der Waals surface area contributed by atoms with E-state index in [2.05, 4.69) is 103 Å². The molecule has 1 atom stereocenters. The average Bonchev–Trinajstić information content (AvgIpc) is 2.97. The van der Waals surface area contributed by atoms with Gasteiger partial charge >= 0.3 is 0 Å². The highest BCUT2D eigenvalue weighted by molar-refractivity contribution is 7.99. The Morgan fingerprint density at radius 2 is 1.24 bits per heavy atom. The molecule has 38 heavy (non-hydrogen) atoms. The SMILES string of the molecule is COC1c2ccccc2N(C)c2ccc([S+](c3ccc(SCCO)cc3)c3ccc(SCCO)cc3)cc21. The molecule has 0 radical (unpaired) electrons. The Balaban J connectivity index is 1.57. The van der Waals surface area contributed by atoms with Crippen molar-refractivity contribution in [3.63, 3.8) is 0 Å². The lowest BCUT2D eigenvalue weighted by Gasteiger charge is -2.34. The number of aliphatic hydroxyl groups is 2. The summed E-state index contributed by atoms with van der Waals surface area (Å²) in [6.45, 7) is 0.343. The fraction of sp³-hybridized carbons (Fsp3) is 0.226. The summed E-state index contributed by atoms with van der Waals surface area (Å²) in [5.74, 6) is 1.38. The number of hydrogen-bond donors (Lipinski definition) is 2. The molecule has 0 aliphatic carbocycles. The Bertz CT molecular complexity index is 1310. The topological polar surface area (TPSA) is 52.9 Å². The summed E-state index contributed by atoms with van der Waals surface area (Å²) in [6.07, 6.45) is -0.127. The predicted molar refractivity (Wildman–Crippen MR) is 160 cm³/mol. The van der Waals surface area contributed by atoms with Crippen LogP contribution in [-0.4, -0.2) is 49.1 Å². The summed E-state index contributed by atoms with van der Waals surface area (Å²) < 4.78 is 6.08. The van der Waals surface area contributed by atoms with Crippen LogP contribution in [0.2, 0.25) is 0 Å². The Hall–Kier alpha value is -2.39. The van der Waals surface area contributed by atoms with Crippen molar-refractivity contribution in [2.45, 2.75) is 30.6 Å². The van der Waals surface area contributed by atoms with Crippen molar-refractivity contribution in [2.75, 3.05) is 43.8 Å². The van der Waals surface area contributed by atoms with E-state index >= 15 is 0 Å². The third kappa shape index (κ3) is 5.64. The molecule has 0 fully saturated rings. The molecule has 0 aromatic heterocycles. The van der Waals surface area contributed by atoms with Crippen molar-refractivity contribution in [1.29, 1.82) is 0 Å². The minimum Gasteiger partial charge on any atom is -0.396 e. The summed E-state index contributed by atoms with van der Waals surface area (Å²) in [5.41, 5.74) is 4.69. The number of hydrogen-bond acceptors (Lipinski definition) is 6. The van der Waals surface area contributed by atoms with E-state index in [0.717, 1.165) is 15.5 Å². The van der Waals surface area contributed by atoms with Gasteiger partial charge in [-0.25, -0.2) is 0 Å². The van der Waals surface area contributed by atoms with Crippen molar-refractivity contribution in [3.8, 4) is 0 Å². The molecule has 0 saturated carbocycles. The third-order valence-electron chi connectivity index (χ3n) is 6.53. The van der Waals surface area contributed by atoms with Crippen LogP contribution in [0.1, 0.15) is 17.2 Å². The van der Waals surface area contributed by atoms with Crippen molar-refractivity contribution in [2.24, 2.45) is 0 Å². The first-order valence-corrected chi connectivity index (χ1v) is 15.8. The maximum absolute atomic E-state index is 9.21. The average molecular weight is 563 g/mol.